The van der Waals surface area contributed by atoms with E-state index in [-0.39, 0.29) is 40.8 Å². The van der Waals surface area contributed by atoms with E-state index in [1.807, 2.05) is 0 Å². The third kappa shape index (κ3) is 4.51. The van der Waals surface area contributed by atoms with Crippen molar-refractivity contribution < 1.29 is 17.8 Å². The topological polar surface area (TPSA) is 76.4 Å². The summed E-state index contributed by atoms with van der Waals surface area (Å²) in [5, 5.41) is 5.50. The molecule has 1 amide bonds. The summed E-state index contributed by atoms with van der Waals surface area (Å²) in [5.74, 6) is -0.322. The number of carbonyl (C=O) groups is 1. The van der Waals surface area contributed by atoms with Crippen LogP contribution in [0.25, 0.3) is 0 Å². The predicted molar refractivity (Wildman–Crippen MR) is 92.2 cm³/mol. The number of carbonyl (C=O) groups excluding carboxylic acids is 1. The molecule has 0 aliphatic heterocycles. The van der Waals surface area contributed by atoms with Crippen LogP contribution in [0.3, 0.4) is 0 Å². The van der Waals surface area contributed by atoms with Gasteiger partial charge in [0.05, 0.1) is 40.7 Å². The number of nitrogen functional groups attached to an aromatic ring is 1. The third-order valence-corrected chi connectivity index (χ3v) is 3.78. The zero-order chi connectivity index (χ0) is 17.5. The Kier molecular flexibility index (Phi) is 6.25. The molecular formula is C16H17F2N3O2S. The van der Waals surface area contributed by atoms with Gasteiger partial charge in [-0.05, 0) is 36.8 Å². The van der Waals surface area contributed by atoms with Crippen molar-refractivity contribution >= 4 is 35.3 Å². The number of amides is 1. The van der Waals surface area contributed by atoms with E-state index in [0.717, 1.165) is 5.56 Å². The molecule has 0 bridgehead atoms. The second-order valence-electron chi connectivity index (χ2n) is 4.81. The van der Waals surface area contributed by atoms with Crippen LogP contribution in [-0.2, 0) is 11.3 Å². The lowest BCUT2D eigenvalue weighted by Gasteiger charge is -2.15. The van der Waals surface area contributed by atoms with Crippen molar-refractivity contribution in [2.45, 2.75) is 18.4 Å². The highest BCUT2D eigenvalue weighted by Crippen LogP contribution is 2.38. The summed E-state index contributed by atoms with van der Waals surface area (Å²) >= 11 is -0.0254. The molecule has 5 nitrogen and oxygen atoms in total. The summed E-state index contributed by atoms with van der Waals surface area (Å²) in [6, 6.07) is 9.11. The van der Waals surface area contributed by atoms with Gasteiger partial charge in [-0.3, -0.25) is 5.32 Å². The highest BCUT2D eigenvalue weighted by molar-refractivity contribution is 7.94. The van der Waals surface area contributed by atoms with Gasteiger partial charge >= 0.3 is 6.09 Å². The zero-order valence-electron chi connectivity index (χ0n) is 12.9. The van der Waals surface area contributed by atoms with E-state index in [2.05, 4.69) is 10.6 Å². The van der Waals surface area contributed by atoms with Crippen molar-refractivity contribution in [3.05, 3.63) is 47.8 Å². The molecule has 2 rings (SSSR count). The zero-order valence-corrected chi connectivity index (χ0v) is 13.8. The SMILES string of the molecule is CCOC(=O)Nc1ccc(NCc2ccc(F)cc2)c(SF)c1N. The molecule has 4 N–H and O–H groups in total. The maximum absolute atomic E-state index is 13.3. The van der Waals surface area contributed by atoms with Gasteiger partial charge in [0, 0.05) is 6.54 Å². The monoisotopic (exact) mass is 353 g/mol. The van der Waals surface area contributed by atoms with E-state index in [1.54, 1.807) is 31.2 Å². The number of hydrogen-bond donors (Lipinski definition) is 3. The summed E-state index contributed by atoms with van der Waals surface area (Å²) in [4.78, 5) is 11.6. The molecule has 0 aliphatic carbocycles. The minimum absolute atomic E-state index is 0.0254. The number of hydrogen-bond acceptors (Lipinski definition) is 5. The van der Waals surface area contributed by atoms with Gasteiger partial charge in [0.25, 0.3) is 0 Å². The van der Waals surface area contributed by atoms with Gasteiger partial charge in [0.2, 0.25) is 0 Å². The molecule has 0 spiro atoms. The van der Waals surface area contributed by atoms with Gasteiger partial charge < -0.3 is 15.8 Å². The van der Waals surface area contributed by atoms with E-state index in [1.165, 1.54) is 12.1 Å². The quantitative estimate of drug-likeness (QED) is 0.664. The fourth-order valence-corrected chi connectivity index (χ4v) is 2.42. The van der Waals surface area contributed by atoms with Crippen molar-refractivity contribution in [1.29, 1.82) is 0 Å². The lowest BCUT2D eigenvalue weighted by Crippen LogP contribution is -2.15. The molecule has 2 aromatic carbocycles. The molecular weight excluding hydrogens is 336 g/mol. The van der Waals surface area contributed by atoms with E-state index in [0.29, 0.717) is 12.2 Å². The Morgan fingerprint density at radius 1 is 1.21 bits per heavy atom. The van der Waals surface area contributed by atoms with Gasteiger partial charge in [-0.15, -0.1) is 0 Å². The van der Waals surface area contributed by atoms with Crippen molar-refractivity contribution in [2.75, 3.05) is 23.0 Å². The number of halogens is 2. The number of nitrogens with one attached hydrogen (secondary N) is 2. The lowest BCUT2D eigenvalue weighted by atomic mass is 10.2. The summed E-state index contributed by atoms with van der Waals surface area (Å²) in [6.45, 7) is 2.26. The first-order valence-corrected chi connectivity index (χ1v) is 7.90. The molecule has 0 aliphatic rings. The molecule has 0 fully saturated rings. The fourth-order valence-electron chi connectivity index (χ4n) is 2.01. The molecule has 8 heteroatoms. The summed E-state index contributed by atoms with van der Waals surface area (Å²) in [7, 11) is 0. The molecule has 0 radical (unpaired) electrons. The largest absolute Gasteiger partial charge is 0.450 e. The molecule has 24 heavy (non-hydrogen) atoms. The van der Waals surface area contributed by atoms with E-state index >= 15 is 0 Å². The number of benzene rings is 2. The van der Waals surface area contributed by atoms with Crippen LogP contribution >= 0.6 is 12.1 Å². The molecule has 0 atom stereocenters. The van der Waals surface area contributed by atoms with Gasteiger partial charge in [-0.2, -0.15) is 3.89 Å². The van der Waals surface area contributed by atoms with Crippen molar-refractivity contribution in [2.24, 2.45) is 0 Å². The van der Waals surface area contributed by atoms with Crippen LogP contribution in [0.4, 0.5) is 30.1 Å². The number of nitrogens with two attached hydrogens (primary N) is 1. The molecule has 0 saturated heterocycles. The highest BCUT2D eigenvalue weighted by Gasteiger charge is 2.14. The Morgan fingerprint density at radius 2 is 1.88 bits per heavy atom. The normalized spacial score (nSPS) is 10.3. The fraction of sp³-hybridized carbons (Fsp3) is 0.188. The maximum atomic E-state index is 13.3. The third-order valence-electron chi connectivity index (χ3n) is 3.18. The van der Waals surface area contributed by atoms with Gasteiger partial charge in [0.15, 0.2) is 0 Å². The van der Waals surface area contributed by atoms with Crippen LogP contribution in [-0.4, -0.2) is 12.7 Å². The Hall–Kier alpha value is -2.48. The highest BCUT2D eigenvalue weighted by atomic mass is 32.2. The van der Waals surface area contributed by atoms with E-state index in [4.69, 9.17) is 10.5 Å². The van der Waals surface area contributed by atoms with Crippen molar-refractivity contribution in [3.63, 3.8) is 0 Å². The van der Waals surface area contributed by atoms with Gasteiger partial charge in [-0.1, -0.05) is 12.1 Å². The summed E-state index contributed by atoms with van der Waals surface area (Å²) < 4.78 is 31.0. The molecule has 2 aromatic rings. The Morgan fingerprint density at radius 3 is 2.50 bits per heavy atom. The Bertz CT molecular complexity index is 711. The Labute approximate surface area is 142 Å². The van der Waals surface area contributed by atoms with Crippen molar-refractivity contribution in [3.8, 4) is 0 Å². The minimum atomic E-state index is -0.661. The van der Waals surface area contributed by atoms with Gasteiger partial charge in [0.1, 0.15) is 5.82 Å². The lowest BCUT2D eigenvalue weighted by molar-refractivity contribution is 0.168. The van der Waals surface area contributed by atoms with Crippen LogP contribution in [0.5, 0.6) is 0 Å². The summed E-state index contributed by atoms with van der Waals surface area (Å²) in [5.41, 5.74) is 7.57. The smallest absolute Gasteiger partial charge is 0.411 e. The van der Waals surface area contributed by atoms with Crippen LogP contribution in [0.2, 0.25) is 0 Å². The standard InChI is InChI=1S/C16H17F2N3O2S/c1-2-23-16(22)21-12-7-8-13(15(24-18)14(12)19)20-9-10-3-5-11(17)6-4-10/h3-8,20H,2,9,19H2,1H3,(H,21,22). The molecule has 0 aromatic heterocycles. The van der Waals surface area contributed by atoms with E-state index < -0.39 is 6.09 Å². The molecule has 128 valence electrons. The first-order chi connectivity index (χ1) is 11.5. The Balaban J connectivity index is 2.14. The first kappa shape index (κ1) is 17.9. The average Bonchev–Trinajstić information content (AvgIpc) is 2.57. The first-order valence-electron chi connectivity index (χ1n) is 7.18. The van der Waals surface area contributed by atoms with Crippen LogP contribution in [0.15, 0.2) is 41.3 Å². The molecule has 0 heterocycles. The molecule has 0 saturated carbocycles. The van der Waals surface area contributed by atoms with Crippen molar-refractivity contribution in [1.82, 2.24) is 0 Å². The van der Waals surface area contributed by atoms with Crippen LogP contribution < -0.4 is 16.4 Å². The summed E-state index contributed by atoms with van der Waals surface area (Å²) in [6.07, 6.45) is -0.661. The van der Waals surface area contributed by atoms with E-state index in [9.17, 15) is 13.1 Å². The molecule has 0 unspecified atom stereocenters. The van der Waals surface area contributed by atoms with Crippen LogP contribution in [0, 0.1) is 5.82 Å². The second-order valence-corrected chi connectivity index (χ2v) is 5.37. The number of rotatable bonds is 6. The maximum Gasteiger partial charge on any atom is 0.411 e. The number of anilines is 3. The number of ether oxygens (including phenoxy) is 1. The minimum Gasteiger partial charge on any atom is -0.450 e. The predicted octanol–water partition coefficient (Wildman–Crippen LogP) is 4.57. The van der Waals surface area contributed by atoms with Crippen LogP contribution in [0.1, 0.15) is 12.5 Å². The average molecular weight is 353 g/mol. The second kappa shape index (κ2) is 8.39. The van der Waals surface area contributed by atoms with Gasteiger partial charge in [-0.25, -0.2) is 9.18 Å².